The number of esters is 1. The molecule has 0 aliphatic carbocycles. The summed E-state index contributed by atoms with van der Waals surface area (Å²) in [7, 11) is 0. The largest absolute Gasteiger partial charge is 0.488 e. The van der Waals surface area contributed by atoms with Gasteiger partial charge in [0.15, 0.2) is 5.78 Å². The van der Waals surface area contributed by atoms with E-state index in [2.05, 4.69) is 0 Å². The Morgan fingerprint density at radius 2 is 1.91 bits per heavy atom. The minimum Gasteiger partial charge on any atom is -0.488 e. The van der Waals surface area contributed by atoms with Gasteiger partial charge in [0.2, 0.25) is 0 Å². The average molecular weight is 333 g/mol. The number of hydrogen-bond acceptors (Lipinski definition) is 4. The van der Waals surface area contributed by atoms with Crippen LogP contribution in [-0.2, 0) is 11.3 Å². The molecule has 0 bridgehead atoms. The summed E-state index contributed by atoms with van der Waals surface area (Å²) in [6, 6.07) is 12.0. The Labute approximate surface area is 140 Å². The Hall–Kier alpha value is -2.33. The summed E-state index contributed by atoms with van der Waals surface area (Å²) in [5, 5.41) is 0.614. The lowest BCUT2D eigenvalue weighted by atomic mass is 10.1. The van der Waals surface area contributed by atoms with Crippen LogP contribution in [0.3, 0.4) is 0 Å². The molecule has 4 nitrogen and oxygen atoms in total. The molecule has 5 heteroatoms. The molecule has 23 heavy (non-hydrogen) atoms. The van der Waals surface area contributed by atoms with Gasteiger partial charge in [-0.05, 0) is 49.7 Å². The molecular weight excluding hydrogens is 316 g/mol. The highest BCUT2D eigenvalue weighted by Crippen LogP contribution is 2.23. The molecule has 0 spiro atoms. The van der Waals surface area contributed by atoms with E-state index < -0.39 is 5.97 Å². The minimum absolute atomic E-state index is 0.128. The summed E-state index contributed by atoms with van der Waals surface area (Å²) >= 11 is 5.94. The monoisotopic (exact) mass is 332 g/mol. The van der Waals surface area contributed by atoms with Crippen LogP contribution in [-0.4, -0.2) is 18.4 Å². The van der Waals surface area contributed by atoms with Crippen molar-refractivity contribution in [2.24, 2.45) is 0 Å². The first kappa shape index (κ1) is 17.0. The molecule has 0 radical (unpaired) electrons. The zero-order valence-electron chi connectivity index (χ0n) is 13.0. The van der Waals surface area contributed by atoms with E-state index in [-0.39, 0.29) is 24.6 Å². The summed E-state index contributed by atoms with van der Waals surface area (Å²) in [4.78, 5) is 23.6. The third kappa shape index (κ3) is 4.57. The molecule has 2 aromatic rings. The van der Waals surface area contributed by atoms with Gasteiger partial charge in [0.1, 0.15) is 17.9 Å². The van der Waals surface area contributed by atoms with Gasteiger partial charge in [-0.15, -0.1) is 0 Å². The quantitative estimate of drug-likeness (QED) is 0.584. The molecular formula is C18H17ClO4. The van der Waals surface area contributed by atoms with E-state index in [1.165, 1.54) is 13.0 Å². The molecule has 0 aromatic heterocycles. The van der Waals surface area contributed by atoms with Gasteiger partial charge in [-0.3, -0.25) is 4.79 Å². The number of carbonyl (C=O) groups excluding carboxylic acids is 2. The van der Waals surface area contributed by atoms with E-state index in [1.807, 2.05) is 12.1 Å². The summed E-state index contributed by atoms with van der Waals surface area (Å²) in [5.74, 6) is -0.276. The van der Waals surface area contributed by atoms with Crippen LogP contribution in [0.5, 0.6) is 5.75 Å². The maximum absolute atomic E-state index is 12.1. The van der Waals surface area contributed by atoms with E-state index in [1.54, 1.807) is 31.2 Å². The van der Waals surface area contributed by atoms with Gasteiger partial charge in [-0.25, -0.2) is 4.79 Å². The van der Waals surface area contributed by atoms with Crippen molar-refractivity contribution in [1.82, 2.24) is 0 Å². The first-order valence-electron chi connectivity index (χ1n) is 7.20. The zero-order chi connectivity index (χ0) is 16.8. The maximum atomic E-state index is 12.1. The fourth-order valence-corrected chi connectivity index (χ4v) is 2.24. The number of Topliss-reactive ketones (excluding diaryl/α,β-unsaturated/α-hetero) is 1. The molecule has 2 aromatic carbocycles. The van der Waals surface area contributed by atoms with Crippen LogP contribution >= 0.6 is 11.6 Å². The second kappa shape index (κ2) is 7.79. The van der Waals surface area contributed by atoms with Crippen molar-refractivity contribution < 1.29 is 19.1 Å². The molecule has 0 amide bonds. The van der Waals surface area contributed by atoms with Crippen molar-refractivity contribution in [2.45, 2.75) is 20.5 Å². The van der Waals surface area contributed by atoms with Crippen molar-refractivity contribution in [3.63, 3.8) is 0 Å². The number of halogens is 1. The van der Waals surface area contributed by atoms with Crippen LogP contribution < -0.4 is 4.74 Å². The standard InChI is InChI=1S/C18H17ClO4/c1-3-22-18(21)16-10-14(12(2)20)7-8-17(16)23-11-13-5-4-6-15(19)9-13/h4-10H,3,11H2,1-2H3. The molecule has 2 rings (SSSR count). The third-order valence-corrected chi connectivity index (χ3v) is 3.40. The van der Waals surface area contributed by atoms with Crippen LogP contribution in [0.25, 0.3) is 0 Å². The van der Waals surface area contributed by atoms with Crippen molar-refractivity contribution in [3.05, 3.63) is 64.2 Å². The van der Waals surface area contributed by atoms with Crippen molar-refractivity contribution in [2.75, 3.05) is 6.61 Å². The van der Waals surface area contributed by atoms with Gasteiger partial charge < -0.3 is 9.47 Å². The molecule has 0 atom stereocenters. The molecule has 0 heterocycles. The lowest BCUT2D eigenvalue weighted by Crippen LogP contribution is -2.09. The van der Waals surface area contributed by atoms with E-state index in [0.29, 0.717) is 16.3 Å². The summed E-state index contributed by atoms with van der Waals surface area (Å²) in [6.45, 7) is 3.67. The first-order chi connectivity index (χ1) is 11.0. The molecule has 0 aliphatic heterocycles. The highest BCUT2D eigenvalue weighted by molar-refractivity contribution is 6.30. The minimum atomic E-state index is -0.517. The van der Waals surface area contributed by atoms with E-state index in [9.17, 15) is 9.59 Å². The fraction of sp³-hybridized carbons (Fsp3) is 0.222. The van der Waals surface area contributed by atoms with Crippen molar-refractivity contribution in [3.8, 4) is 5.75 Å². The highest BCUT2D eigenvalue weighted by atomic mass is 35.5. The zero-order valence-corrected chi connectivity index (χ0v) is 13.7. The molecule has 0 fully saturated rings. The molecule has 120 valence electrons. The van der Waals surface area contributed by atoms with Crippen LogP contribution in [0.2, 0.25) is 5.02 Å². The van der Waals surface area contributed by atoms with Gasteiger partial charge in [-0.1, -0.05) is 23.7 Å². The van der Waals surface area contributed by atoms with Gasteiger partial charge in [0.25, 0.3) is 0 Å². The van der Waals surface area contributed by atoms with Crippen molar-refractivity contribution >= 4 is 23.4 Å². The summed E-state index contributed by atoms with van der Waals surface area (Å²) in [5.41, 5.74) is 1.55. The predicted molar refractivity (Wildman–Crippen MR) is 88.2 cm³/mol. The van der Waals surface area contributed by atoms with Crippen LogP contribution in [0.1, 0.15) is 40.1 Å². The van der Waals surface area contributed by atoms with E-state index >= 15 is 0 Å². The molecule has 0 aliphatic rings. The normalized spacial score (nSPS) is 10.2. The number of carbonyl (C=O) groups is 2. The van der Waals surface area contributed by atoms with Crippen molar-refractivity contribution in [1.29, 1.82) is 0 Å². The van der Waals surface area contributed by atoms with Crippen LogP contribution in [0, 0.1) is 0 Å². The Balaban J connectivity index is 2.25. The maximum Gasteiger partial charge on any atom is 0.341 e. The highest BCUT2D eigenvalue weighted by Gasteiger charge is 2.16. The van der Waals surface area contributed by atoms with E-state index in [4.69, 9.17) is 21.1 Å². The number of benzene rings is 2. The Bertz CT molecular complexity index is 725. The smallest absolute Gasteiger partial charge is 0.341 e. The number of ether oxygens (including phenoxy) is 2. The summed E-state index contributed by atoms with van der Waals surface area (Å²) in [6.07, 6.45) is 0. The third-order valence-electron chi connectivity index (χ3n) is 3.16. The lowest BCUT2D eigenvalue weighted by Gasteiger charge is -2.12. The Morgan fingerprint density at radius 1 is 1.13 bits per heavy atom. The Kier molecular flexibility index (Phi) is 5.77. The predicted octanol–water partition coefficient (Wildman–Crippen LogP) is 4.30. The second-order valence-electron chi connectivity index (χ2n) is 4.91. The Morgan fingerprint density at radius 3 is 2.57 bits per heavy atom. The summed E-state index contributed by atoms with van der Waals surface area (Å²) < 4.78 is 10.7. The number of ketones is 1. The molecule has 0 saturated carbocycles. The molecule has 0 saturated heterocycles. The van der Waals surface area contributed by atoms with Gasteiger partial charge in [0, 0.05) is 10.6 Å². The molecule has 0 N–H and O–H groups in total. The van der Waals surface area contributed by atoms with Crippen LogP contribution in [0.4, 0.5) is 0 Å². The first-order valence-corrected chi connectivity index (χ1v) is 7.58. The lowest BCUT2D eigenvalue weighted by molar-refractivity contribution is 0.0521. The van der Waals surface area contributed by atoms with E-state index in [0.717, 1.165) is 5.56 Å². The fourth-order valence-electron chi connectivity index (χ4n) is 2.03. The van der Waals surface area contributed by atoms with Gasteiger partial charge >= 0.3 is 5.97 Å². The van der Waals surface area contributed by atoms with Gasteiger partial charge in [0.05, 0.1) is 6.61 Å². The second-order valence-corrected chi connectivity index (χ2v) is 5.34. The topological polar surface area (TPSA) is 52.6 Å². The van der Waals surface area contributed by atoms with Crippen LogP contribution in [0.15, 0.2) is 42.5 Å². The number of hydrogen-bond donors (Lipinski definition) is 0. The average Bonchev–Trinajstić information content (AvgIpc) is 2.53. The molecule has 0 unspecified atom stereocenters. The number of rotatable bonds is 6. The van der Waals surface area contributed by atoms with Gasteiger partial charge in [-0.2, -0.15) is 0 Å². The SMILES string of the molecule is CCOC(=O)c1cc(C(C)=O)ccc1OCc1cccc(Cl)c1.